The Labute approximate surface area is 178 Å². The predicted octanol–water partition coefficient (Wildman–Crippen LogP) is 4.15. The molecular formula is C23H17ClN2O4. The zero-order valence-electron chi connectivity index (χ0n) is 15.8. The summed E-state index contributed by atoms with van der Waals surface area (Å²) in [6.07, 6.45) is 0. The van der Waals surface area contributed by atoms with Crippen molar-refractivity contribution in [3.63, 3.8) is 0 Å². The lowest BCUT2D eigenvalue weighted by molar-refractivity contribution is -0.118. The zero-order chi connectivity index (χ0) is 21.1. The van der Waals surface area contributed by atoms with E-state index in [1.807, 2.05) is 0 Å². The second-order valence-electron chi connectivity index (χ2n) is 6.74. The van der Waals surface area contributed by atoms with Gasteiger partial charge in [-0.3, -0.25) is 19.3 Å². The molecule has 30 heavy (non-hydrogen) atoms. The summed E-state index contributed by atoms with van der Waals surface area (Å²) in [4.78, 5) is 38.4. The zero-order valence-corrected chi connectivity index (χ0v) is 16.6. The first-order valence-corrected chi connectivity index (χ1v) is 9.61. The summed E-state index contributed by atoms with van der Waals surface area (Å²) in [6.45, 7) is -0.0575. The van der Waals surface area contributed by atoms with Crippen molar-refractivity contribution in [1.29, 1.82) is 0 Å². The molecule has 6 nitrogen and oxygen atoms in total. The molecule has 3 aromatic rings. The number of anilines is 1. The number of nitrogens with one attached hydrogen (secondary N) is 1. The summed E-state index contributed by atoms with van der Waals surface area (Å²) in [7, 11) is 0. The molecule has 4 rings (SSSR count). The number of rotatable bonds is 6. The predicted molar refractivity (Wildman–Crippen MR) is 113 cm³/mol. The topological polar surface area (TPSA) is 75.7 Å². The van der Waals surface area contributed by atoms with Crippen molar-refractivity contribution >= 4 is 35.0 Å². The fourth-order valence-corrected chi connectivity index (χ4v) is 3.40. The average molecular weight is 421 g/mol. The third kappa shape index (κ3) is 4.18. The van der Waals surface area contributed by atoms with E-state index < -0.39 is 0 Å². The highest BCUT2D eigenvalue weighted by Gasteiger charge is 2.34. The maximum Gasteiger partial charge on any atom is 0.262 e. The van der Waals surface area contributed by atoms with Crippen LogP contribution in [0.1, 0.15) is 26.3 Å². The molecule has 0 spiro atoms. The number of nitrogens with zero attached hydrogens (tertiary/aromatic N) is 1. The van der Waals surface area contributed by atoms with Crippen molar-refractivity contribution in [2.45, 2.75) is 6.54 Å². The smallest absolute Gasteiger partial charge is 0.262 e. The third-order valence-electron chi connectivity index (χ3n) is 4.60. The number of ether oxygens (including phenoxy) is 1. The molecule has 0 aromatic heterocycles. The van der Waals surface area contributed by atoms with Crippen LogP contribution in [0.3, 0.4) is 0 Å². The number of halogens is 1. The summed E-state index contributed by atoms with van der Waals surface area (Å²) >= 11 is 5.89. The highest BCUT2D eigenvalue weighted by Crippen LogP contribution is 2.25. The number of hydrogen-bond acceptors (Lipinski definition) is 4. The normalized spacial score (nSPS) is 12.6. The van der Waals surface area contributed by atoms with Gasteiger partial charge in [-0.05, 0) is 48.0 Å². The third-order valence-corrected chi connectivity index (χ3v) is 4.83. The first kappa shape index (κ1) is 19.7. The van der Waals surface area contributed by atoms with Crippen molar-refractivity contribution in [1.82, 2.24) is 4.90 Å². The van der Waals surface area contributed by atoms with E-state index in [4.69, 9.17) is 16.3 Å². The second-order valence-corrected chi connectivity index (χ2v) is 7.17. The van der Waals surface area contributed by atoms with Crippen LogP contribution in [0.15, 0.2) is 72.8 Å². The molecule has 0 saturated heterocycles. The van der Waals surface area contributed by atoms with Gasteiger partial charge in [-0.25, -0.2) is 0 Å². The largest absolute Gasteiger partial charge is 0.484 e. The SMILES string of the molecule is O=C(COc1cccc(Cl)c1)Nc1cccc(CN2C(=O)c3ccccc3C2=O)c1. The molecule has 1 N–H and O–H groups in total. The Morgan fingerprint density at radius 2 is 1.60 bits per heavy atom. The Kier molecular flexibility index (Phi) is 5.50. The fourth-order valence-electron chi connectivity index (χ4n) is 3.22. The Morgan fingerprint density at radius 3 is 2.30 bits per heavy atom. The summed E-state index contributed by atoms with van der Waals surface area (Å²) < 4.78 is 5.43. The van der Waals surface area contributed by atoms with Gasteiger partial charge in [0.25, 0.3) is 17.7 Å². The van der Waals surface area contributed by atoms with Crippen molar-refractivity contribution in [3.05, 3.63) is 94.5 Å². The number of amides is 3. The van der Waals surface area contributed by atoms with E-state index in [2.05, 4.69) is 5.32 Å². The van der Waals surface area contributed by atoms with Crippen LogP contribution in [-0.2, 0) is 11.3 Å². The molecule has 0 bridgehead atoms. The molecule has 1 heterocycles. The molecule has 0 fully saturated rings. The molecule has 1 aliphatic heterocycles. The minimum Gasteiger partial charge on any atom is -0.484 e. The number of carbonyl (C=O) groups excluding carboxylic acids is 3. The lowest BCUT2D eigenvalue weighted by atomic mass is 10.1. The van der Waals surface area contributed by atoms with E-state index in [-0.39, 0.29) is 30.9 Å². The van der Waals surface area contributed by atoms with Crippen molar-refractivity contribution in [2.24, 2.45) is 0 Å². The molecule has 0 saturated carbocycles. The van der Waals surface area contributed by atoms with Gasteiger partial charge in [0.1, 0.15) is 5.75 Å². The molecule has 0 aliphatic carbocycles. The van der Waals surface area contributed by atoms with Gasteiger partial charge in [0, 0.05) is 10.7 Å². The van der Waals surface area contributed by atoms with E-state index in [1.54, 1.807) is 72.8 Å². The van der Waals surface area contributed by atoms with Crippen LogP contribution < -0.4 is 10.1 Å². The second kappa shape index (κ2) is 8.39. The van der Waals surface area contributed by atoms with E-state index >= 15 is 0 Å². The maximum absolute atomic E-state index is 12.5. The minimum atomic E-state index is -0.340. The lowest BCUT2D eigenvalue weighted by Gasteiger charge is -2.15. The monoisotopic (exact) mass is 420 g/mol. The van der Waals surface area contributed by atoms with Gasteiger partial charge in [-0.15, -0.1) is 0 Å². The number of hydrogen-bond donors (Lipinski definition) is 1. The first-order valence-electron chi connectivity index (χ1n) is 9.23. The summed E-state index contributed by atoms with van der Waals surface area (Å²) in [6, 6.07) is 20.5. The van der Waals surface area contributed by atoms with Gasteiger partial charge in [0.05, 0.1) is 17.7 Å². The van der Waals surface area contributed by atoms with E-state index in [0.29, 0.717) is 27.6 Å². The van der Waals surface area contributed by atoms with E-state index in [9.17, 15) is 14.4 Å². The van der Waals surface area contributed by atoms with Crippen LogP contribution in [0.4, 0.5) is 5.69 Å². The Bertz CT molecular complexity index is 1110. The Morgan fingerprint density at radius 1 is 0.900 bits per heavy atom. The number of benzene rings is 3. The van der Waals surface area contributed by atoms with Crippen molar-refractivity contribution in [3.8, 4) is 5.75 Å². The quantitative estimate of drug-likeness (QED) is 0.608. The number of imide groups is 1. The molecule has 0 unspecified atom stereocenters. The van der Waals surface area contributed by atoms with Crippen LogP contribution in [0.25, 0.3) is 0 Å². The maximum atomic E-state index is 12.5. The van der Waals surface area contributed by atoms with Gasteiger partial charge in [0.2, 0.25) is 0 Å². The van der Waals surface area contributed by atoms with Crippen LogP contribution in [0, 0.1) is 0 Å². The molecule has 0 atom stereocenters. The van der Waals surface area contributed by atoms with Gasteiger partial charge in [-0.1, -0.05) is 41.9 Å². The molecular weight excluding hydrogens is 404 g/mol. The number of fused-ring (bicyclic) bond motifs is 1. The molecule has 0 radical (unpaired) electrons. The summed E-state index contributed by atoms with van der Waals surface area (Å²) in [5.74, 6) is -0.482. The van der Waals surface area contributed by atoms with Crippen LogP contribution in [0.2, 0.25) is 5.02 Å². The summed E-state index contributed by atoms with van der Waals surface area (Å²) in [5, 5.41) is 3.27. The first-order chi connectivity index (χ1) is 14.5. The van der Waals surface area contributed by atoms with E-state index in [1.165, 1.54) is 4.90 Å². The standard InChI is InChI=1S/C23H17ClN2O4/c24-16-6-4-8-18(12-16)30-14-21(27)25-17-7-3-5-15(11-17)13-26-22(28)19-9-1-2-10-20(19)23(26)29/h1-12H,13-14H2,(H,25,27). The summed E-state index contributed by atoms with van der Waals surface area (Å²) in [5.41, 5.74) is 2.08. The average Bonchev–Trinajstić information content (AvgIpc) is 2.98. The van der Waals surface area contributed by atoms with Crippen LogP contribution in [-0.4, -0.2) is 29.2 Å². The van der Waals surface area contributed by atoms with Crippen molar-refractivity contribution < 1.29 is 19.1 Å². The molecule has 3 amide bonds. The Hall–Kier alpha value is -3.64. The van der Waals surface area contributed by atoms with Gasteiger partial charge in [-0.2, -0.15) is 0 Å². The molecule has 1 aliphatic rings. The van der Waals surface area contributed by atoms with E-state index in [0.717, 1.165) is 5.56 Å². The number of carbonyl (C=O) groups is 3. The highest BCUT2D eigenvalue weighted by atomic mass is 35.5. The van der Waals surface area contributed by atoms with Gasteiger partial charge < -0.3 is 10.1 Å². The molecule has 3 aromatic carbocycles. The lowest BCUT2D eigenvalue weighted by Crippen LogP contribution is -2.29. The van der Waals surface area contributed by atoms with Gasteiger partial charge >= 0.3 is 0 Å². The highest BCUT2D eigenvalue weighted by molar-refractivity contribution is 6.30. The minimum absolute atomic E-state index is 0.120. The Balaban J connectivity index is 1.39. The van der Waals surface area contributed by atoms with Crippen LogP contribution >= 0.6 is 11.6 Å². The fraction of sp³-hybridized carbons (Fsp3) is 0.0870. The van der Waals surface area contributed by atoms with Gasteiger partial charge in [0.15, 0.2) is 6.61 Å². The molecule has 150 valence electrons. The molecule has 7 heteroatoms. The van der Waals surface area contributed by atoms with Crippen LogP contribution in [0.5, 0.6) is 5.75 Å². The van der Waals surface area contributed by atoms with Crippen molar-refractivity contribution in [2.75, 3.05) is 11.9 Å².